The molecule has 2 unspecified atom stereocenters. The van der Waals surface area contributed by atoms with E-state index in [-0.39, 0.29) is 30.4 Å². The second-order valence-electron chi connectivity index (χ2n) is 8.18. The van der Waals surface area contributed by atoms with Gasteiger partial charge in [0.05, 0.1) is 29.1 Å². The zero-order valence-corrected chi connectivity index (χ0v) is 17.7. The topological polar surface area (TPSA) is 138 Å². The first kappa shape index (κ1) is 23.1. The summed E-state index contributed by atoms with van der Waals surface area (Å²) >= 11 is 0. The fourth-order valence-corrected chi connectivity index (χ4v) is 4.15. The summed E-state index contributed by atoms with van der Waals surface area (Å²) in [5.74, 6) is 0.196. The molecule has 1 aromatic carbocycles. The van der Waals surface area contributed by atoms with Gasteiger partial charge in [0.15, 0.2) is 0 Å². The highest BCUT2D eigenvalue weighted by Gasteiger charge is 2.26. The van der Waals surface area contributed by atoms with Crippen LogP contribution in [-0.4, -0.2) is 62.0 Å². The van der Waals surface area contributed by atoms with Crippen LogP contribution in [0.25, 0.3) is 5.69 Å². The summed E-state index contributed by atoms with van der Waals surface area (Å²) < 4.78 is 0. The summed E-state index contributed by atoms with van der Waals surface area (Å²) in [6.45, 7) is 1.71. The second-order valence-corrected chi connectivity index (χ2v) is 8.18. The lowest BCUT2D eigenvalue weighted by molar-refractivity contribution is -0.383. The van der Waals surface area contributed by atoms with Gasteiger partial charge in [-0.1, -0.05) is 12.8 Å². The SMILES string of the molecule is O=[N+]([O-])c1cc(-n2nccn2)ccc1NCCCCCCNC1CC(CO)C[C@H](O)C1. The lowest BCUT2D eigenvalue weighted by Crippen LogP contribution is -2.40. The van der Waals surface area contributed by atoms with E-state index in [1.54, 1.807) is 12.1 Å². The highest BCUT2D eigenvalue weighted by atomic mass is 16.6. The van der Waals surface area contributed by atoms with Crippen LogP contribution in [0.3, 0.4) is 0 Å². The number of nitrogens with one attached hydrogen (secondary N) is 2. The van der Waals surface area contributed by atoms with Gasteiger partial charge in [-0.3, -0.25) is 10.1 Å². The molecule has 0 saturated heterocycles. The number of nitro benzene ring substituents is 1. The molecule has 3 rings (SSSR count). The summed E-state index contributed by atoms with van der Waals surface area (Å²) in [5.41, 5.74) is 1.05. The Kier molecular flexibility index (Phi) is 8.74. The Bertz CT molecular complexity index is 816. The number of aliphatic hydroxyl groups is 2. The summed E-state index contributed by atoms with van der Waals surface area (Å²) in [4.78, 5) is 12.4. The van der Waals surface area contributed by atoms with Gasteiger partial charge in [-0.2, -0.15) is 15.0 Å². The van der Waals surface area contributed by atoms with E-state index < -0.39 is 4.92 Å². The molecule has 2 aromatic rings. The number of hydrogen-bond donors (Lipinski definition) is 4. The van der Waals surface area contributed by atoms with E-state index in [2.05, 4.69) is 20.8 Å². The molecule has 10 nitrogen and oxygen atoms in total. The highest BCUT2D eigenvalue weighted by molar-refractivity contribution is 5.64. The van der Waals surface area contributed by atoms with Crippen molar-refractivity contribution < 1.29 is 15.1 Å². The third-order valence-electron chi connectivity index (χ3n) is 5.72. The van der Waals surface area contributed by atoms with Gasteiger partial charge in [-0.25, -0.2) is 0 Å². The molecular weight excluding hydrogens is 400 g/mol. The molecule has 1 fully saturated rings. The predicted molar refractivity (Wildman–Crippen MR) is 117 cm³/mol. The summed E-state index contributed by atoms with van der Waals surface area (Å²) in [7, 11) is 0. The number of aromatic nitrogens is 3. The smallest absolute Gasteiger partial charge is 0.294 e. The Balaban J connectivity index is 1.33. The Morgan fingerprint density at radius 3 is 2.55 bits per heavy atom. The molecule has 1 aliphatic carbocycles. The van der Waals surface area contributed by atoms with Gasteiger partial charge >= 0.3 is 0 Å². The quantitative estimate of drug-likeness (QED) is 0.228. The van der Waals surface area contributed by atoms with Crippen LogP contribution in [0, 0.1) is 16.0 Å². The minimum atomic E-state index is -0.398. The molecule has 170 valence electrons. The van der Waals surface area contributed by atoms with Gasteiger partial charge in [0.1, 0.15) is 5.69 Å². The number of unbranched alkanes of at least 4 members (excludes halogenated alkanes) is 3. The zero-order chi connectivity index (χ0) is 22.1. The molecule has 0 radical (unpaired) electrons. The fraction of sp³-hybridized carbons (Fsp3) is 0.619. The second kappa shape index (κ2) is 11.7. The van der Waals surface area contributed by atoms with Crippen LogP contribution in [0.4, 0.5) is 11.4 Å². The Morgan fingerprint density at radius 2 is 1.84 bits per heavy atom. The van der Waals surface area contributed by atoms with E-state index in [0.717, 1.165) is 45.1 Å². The number of anilines is 1. The first-order valence-corrected chi connectivity index (χ1v) is 11.0. The molecule has 1 aliphatic rings. The van der Waals surface area contributed by atoms with E-state index in [9.17, 15) is 20.3 Å². The molecule has 1 aromatic heterocycles. The van der Waals surface area contributed by atoms with Crippen molar-refractivity contribution in [1.82, 2.24) is 20.3 Å². The molecule has 31 heavy (non-hydrogen) atoms. The van der Waals surface area contributed by atoms with Crippen LogP contribution in [0.15, 0.2) is 30.6 Å². The maximum Gasteiger partial charge on any atom is 0.294 e. The van der Waals surface area contributed by atoms with Gasteiger partial charge in [-0.05, 0) is 56.7 Å². The molecule has 10 heteroatoms. The number of benzene rings is 1. The first-order chi connectivity index (χ1) is 15.1. The lowest BCUT2D eigenvalue weighted by Gasteiger charge is -2.32. The van der Waals surface area contributed by atoms with Crippen LogP contribution < -0.4 is 10.6 Å². The number of aliphatic hydroxyl groups excluding tert-OH is 2. The monoisotopic (exact) mass is 432 g/mol. The molecule has 0 bridgehead atoms. The van der Waals surface area contributed by atoms with Crippen molar-refractivity contribution in [3.63, 3.8) is 0 Å². The van der Waals surface area contributed by atoms with Crippen molar-refractivity contribution in [1.29, 1.82) is 0 Å². The van der Waals surface area contributed by atoms with Crippen molar-refractivity contribution in [2.45, 2.75) is 57.1 Å². The highest BCUT2D eigenvalue weighted by Crippen LogP contribution is 2.27. The minimum Gasteiger partial charge on any atom is -0.396 e. The Morgan fingerprint density at radius 1 is 1.10 bits per heavy atom. The van der Waals surface area contributed by atoms with Crippen LogP contribution >= 0.6 is 0 Å². The molecule has 1 saturated carbocycles. The molecule has 0 aliphatic heterocycles. The van der Waals surface area contributed by atoms with Crippen molar-refractivity contribution in [2.24, 2.45) is 5.92 Å². The van der Waals surface area contributed by atoms with Crippen molar-refractivity contribution in [2.75, 3.05) is 25.0 Å². The van der Waals surface area contributed by atoms with E-state index in [1.807, 2.05) is 0 Å². The van der Waals surface area contributed by atoms with Crippen LogP contribution in [0.5, 0.6) is 0 Å². The van der Waals surface area contributed by atoms with Crippen LogP contribution in [-0.2, 0) is 0 Å². The normalized spacial score (nSPS) is 21.2. The Hall–Kier alpha value is -2.56. The van der Waals surface area contributed by atoms with Crippen LogP contribution in [0.1, 0.15) is 44.9 Å². The van der Waals surface area contributed by atoms with E-state index in [4.69, 9.17) is 0 Å². The van der Waals surface area contributed by atoms with Gasteiger partial charge in [0, 0.05) is 25.3 Å². The molecule has 0 spiro atoms. The first-order valence-electron chi connectivity index (χ1n) is 11.0. The van der Waals surface area contributed by atoms with Crippen molar-refractivity contribution in [3.8, 4) is 5.69 Å². The summed E-state index contributed by atoms with van der Waals surface area (Å²) in [5, 5.41) is 45.3. The third kappa shape index (κ3) is 6.98. The average Bonchev–Trinajstić information content (AvgIpc) is 3.30. The lowest BCUT2D eigenvalue weighted by atomic mass is 9.84. The molecular formula is C21H32N6O4. The molecule has 4 N–H and O–H groups in total. The minimum absolute atomic E-state index is 0.00912. The standard InChI is InChI=1S/C21H32N6O4/c28-15-16-11-17(13-19(29)12-16)22-7-3-1-2-4-8-23-20-6-5-18(14-21(20)27(30)31)26-24-9-10-25-26/h5-6,9-10,14,16-17,19,22-23,28-29H,1-4,7-8,11-13,15H2/t16?,17?,19-/m0/s1. The van der Waals surface area contributed by atoms with Gasteiger partial charge in [0.2, 0.25) is 0 Å². The van der Waals surface area contributed by atoms with Gasteiger partial charge < -0.3 is 20.8 Å². The number of hydrogen-bond acceptors (Lipinski definition) is 8. The summed E-state index contributed by atoms with van der Waals surface area (Å²) in [6.07, 6.45) is 9.18. The van der Waals surface area contributed by atoms with Crippen molar-refractivity contribution in [3.05, 3.63) is 40.7 Å². The largest absolute Gasteiger partial charge is 0.396 e. The van der Waals surface area contributed by atoms with Gasteiger partial charge in [-0.15, -0.1) is 0 Å². The molecule has 1 heterocycles. The van der Waals surface area contributed by atoms with Crippen molar-refractivity contribution >= 4 is 11.4 Å². The summed E-state index contributed by atoms with van der Waals surface area (Å²) in [6, 6.07) is 5.20. The maximum atomic E-state index is 11.4. The average molecular weight is 433 g/mol. The molecule has 0 amide bonds. The number of nitrogens with zero attached hydrogens (tertiary/aromatic N) is 4. The zero-order valence-electron chi connectivity index (χ0n) is 17.7. The number of rotatable bonds is 12. The number of nitro groups is 1. The fourth-order valence-electron chi connectivity index (χ4n) is 4.15. The Labute approximate surface area is 181 Å². The molecule has 3 atom stereocenters. The van der Waals surface area contributed by atoms with E-state index >= 15 is 0 Å². The van der Waals surface area contributed by atoms with Gasteiger partial charge in [0.25, 0.3) is 5.69 Å². The van der Waals surface area contributed by atoms with Crippen LogP contribution in [0.2, 0.25) is 0 Å². The predicted octanol–water partition coefficient (Wildman–Crippen LogP) is 2.26. The van der Waals surface area contributed by atoms with E-state index in [0.29, 0.717) is 24.3 Å². The van der Waals surface area contributed by atoms with E-state index in [1.165, 1.54) is 23.3 Å². The maximum absolute atomic E-state index is 11.4. The third-order valence-corrected chi connectivity index (χ3v) is 5.72.